The molecule has 6 nitrogen and oxygen atoms in total. The van der Waals surface area contributed by atoms with E-state index in [4.69, 9.17) is 15.4 Å². The van der Waals surface area contributed by atoms with Gasteiger partial charge in [0.25, 0.3) is 0 Å². The topological polar surface area (TPSA) is 107 Å². The van der Waals surface area contributed by atoms with Crippen molar-refractivity contribution in [2.75, 3.05) is 0 Å². The molecule has 0 aromatic carbocycles. The highest BCUT2D eigenvalue weighted by Crippen LogP contribution is 1.92. The molecule has 0 bridgehead atoms. The molecule has 0 heterocycles. The summed E-state index contributed by atoms with van der Waals surface area (Å²) in [5.74, 6) is -2.45. The standard InChI is InChI=1S/C5H7NO5/c7-4(8)1-3(6-11)2-5(9)10/h11H,1-2H2,(H,7,8)(H,9,10). The van der Waals surface area contributed by atoms with Crippen molar-refractivity contribution in [1.29, 1.82) is 0 Å². The molecular weight excluding hydrogens is 154 g/mol. The fraction of sp³-hybridized carbons (Fsp3) is 0.400. The van der Waals surface area contributed by atoms with Crippen LogP contribution in [0.4, 0.5) is 0 Å². The number of rotatable bonds is 4. The zero-order chi connectivity index (χ0) is 8.85. The molecule has 0 atom stereocenters. The van der Waals surface area contributed by atoms with Gasteiger partial charge < -0.3 is 15.4 Å². The van der Waals surface area contributed by atoms with Gasteiger partial charge in [-0.1, -0.05) is 5.16 Å². The van der Waals surface area contributed by atoms with E-state index in [0.29, 0.717) is 0 Å². The molecule has 0 unspecified atom stereocenters. The number of carboxylic acids is 2. The summed E-state index contributed by atoms with van der Waals surface area (Å²) in [7, 11) is 0. The molecule has 0 fully saturated rings. The summed E-state index contributed by atoms with van der Waals surface area (Å²) in [6.45, 7) is 0. The van der Waals surface area contributed by atoms with Gasteiger partial charge in [0.1, 0.15) is 0 Å². The highest BCUT2D eigenvalue weighted by molar-refractivity contribution is 6.05. The average molecular weight is 161 g/mol. The van der Waals surface area contributed by atoms with Gasteiger partial charge in [0.15, 0.2) is 0 Å². The van der Waals surface area contributed by atoms with Crippen LogP contribution in [0.1, 0.15) is 12.8 Å². The molecule has 11 heavy (non-hydrogen) atoms. The van der Waals surface area contributed by atoms with Crippen LogP contribution in [-0.4, -0.2) is 33.1 Å². The summed E-state index contributed by atoms with van der Waals surface area (Å²) < 4.78 is 0. The van der Waals surface area contributed by atoms with Crippen molar-refractivity contribution in [2.45, 2.75) is 12.8 Å². The van der Waals surface area contributed by atoms with Crippen molar-refractivity contribution in [1.82, 2.24) is 0 Å². The Balaban J connectivity index is 3.99. The van der Waals surface area contributed by atoms with Crippen LogP contribution in [0, 0.1) is 0 Å². The Morgan fingerprint density at radius 2 is 1.45 bits per heavy atom. The first-order valence-electron chi connectivity index (χ1n) is 2.69. The van der Waals surface area contributed by atoms with E-state index in [-0.39, 0.29) is 5.71 Å². The lowest BCUT2D eigenvalue weighted by Crippen LogP contribution is -2.11. The second-order valence-corrected chi connectivity index (χ2v) is 1.81. The van der Waals surface area contributed by atoms with Gasteiger partial charge in [0, 0.05) is 0 Å². The van der Waals surface area contributed by atoms with Crippen LogP contribution in [0.2, 0.25) is 0 Å². The SMILES string of the molecule is O=C(O)CC(CC(=O)O)=NO. The second-order valence-electron chi connectivity index (χ2n) is 1.81. The molecule has 0 rings (SSSR count). The van der Waals surface area contributed by atoms with E-state index in [1.54, 1.807) is 0 Å². The first-order chi connectivity index (χ1) is 5.06. The monoisotopic (exact) mass is 161 g/mol. The third-order valence-corrected chi connectivity index (χ3v) is 0.852. The number of oxime groups is 1. The molecule has 0 aliphatic rings. The Bertz CT molecular complexity index is 179. The minimum absolute atomic E-state index is 0.273. The summed E-state index contributed by atoms with van der Waals surface area (Å²) in [5, 5.41) is 26.9. The maximum absolute atomic E-state index is 9.97. The Morgan fingerprint density at radius 3 is 1.64 bits per heavy atom. The third-order valence-electron chi connectivity index (χ3n) is 0.852. The van der Waals surface area contributed by atoms with Crippen molar-refractivity contribution in [3.05, 3.63) is 0 Å². The fourth-order valence-electron chi connectivity index (χ4n) is 0.482. The van der Waals surface area contributed by atoms with Crippen molar-refractivity contribution in [3.8, 4) is 0 Å². The summed E-state index contributed by atoms with van der Waals surface area (Å²) >= 11 is 0. The number of carbonyl (C=O) groups is 2. The quantitative estimate of drug-likeness (QED) is 0.300. The molecule has 0 aromatic heterocycles. The van der Waals surface area contributed by atoms with Crippen LogP contribution in [0.3, 0.4) is 0 Å². The first-order valence-corrected chi connectivity index (χ1v) is 2.69. The summed E-state index contributed by atoms with van der Waals surface area (Å²) in [4.78, 5) is 19.9. The smallest absolute Gasteiger partial charge is 0.309 e. The number of aliphatic carboxylic acids is 2. The van der Waals surface area contributed by atoms with E-state index >= 15 is 0 Å². The molecule has 3 N–H and O–H groups in total. The highest BCUT2D eigenvalue weighted by atomic mass is 16.4. The van der Waals surface area contributed by atoms with Crippen LogP contribution >= 0.6 is 0 Å². The third kappa shape index (κ3) is 4.89. The zero-order valence-electron chi connectivity index (χ0n) is 5.52. The summed E-state index contributed by atoms with van der Waals surface area (Å²) in [6.07, 6.45) is -1.11. The molecule has 0 radical (unpaired) electrons. The van der Waals surface area contributed by atoms with Crippen LogP contribution in [0.25, 0.3) is 0 Å². The molecule has 0 saturated heterocycles. The Morgan fingerprint density at radius 1 is 1.09 bits per heavy atom. The van der Waals surface area contributed by atoms with Crippen molar-refractivity contribution in [2.24, 2.45) is 5.16 Å². The number of carboxylic acid groups (broad SMARTS) is 2. The van der Waals surface area contributed by atoms with Gasteiger partial charge in [-0.05, 0) is 0 Å². The van der Waals surface area contributed by atoms with Crippen LogP contribution in [-0.2, 0) is 9.59 Å². The highest BCUT2D eigenvalue weighted by Gasteiger charge is 2.10. The van der Waals surface area contributed by atoms with E-state index in [1.807, 2.05) is 0 Å². The molecule has 0 aromatic rings. The van der Waals surface area contributed by atoms with E-state index in [2.05, 4.69) is 5.16 Å². The predicted molar refractivity (Wildman–Crippen MR) is 33.7 cm³/mol. The molecule has 0 spiro atoms. The molecule has 0 aliphatic heterocycles. The maximum Gasteiger partial charge on any atom is 0.309 e. The lowest BCUT2D eigenvalue weighted by molar-refractivity contribution is -0.135. The number of hydrogen-bond donors (Lipinski definition) is 3. The average Bonchev–Trinajstić information content (AvgIpc) is 1.84. The van der Waals surface area contributed by atoms with E-state index in [0.717, 1.165) is 0 Å². The number of hydrogen-bond acceptors (Lipinski definition) is 4. The second kappa shape index (κ2) is 4.26. The molecule has 0 amide bonds. The van der Waals surface area contributed by atoms with E-state index < -0.39 is 24.8 Å². The molecule has 62 valence electrons. The lowest BCUT2D eigenvalue weighted by atomic mass is 10.2. The van der Waals surface area contributed by atoms with Crippen LogP contribution < -0.4 is 0 Å². The number of nitrogens with zero attached hydrogens (tertiary/aromatic N) is 1. The van der Waals surface area contributed by atoms with Gasteiger partial charge >= 0.3 is 11.9 Å². The normalized spacial score (nSPS) is 8.73. The molecule has 0 saturated carbocycles. The molecule has 6 heteroatoms. The first kappa shape index (κ1) is 9.41. The van der Waals surface area contributed by atoms with E-state index in [1.165, 1.54) is 0 Å². The van der Waals surface area contributed by atoms with Crippen LogP contribution in [0.5, 0.6) is 0 Å². The predicted octanol–water partition coefficient (Wildman–Crippen LogP) is -0.234. The minimum Gasteiger partial charge on any atom is -0.481 e. The van der Waals surface area contributed by atoms with Gasteiger partial charge in [0.05, 0.1) is 18.6 Å². The Labute approximate surface area is 61.8 Å². The van der Waals surface area contributed by atoms with Gasteiger partial charge in [-0.3, -0.25) is 9.59 Å². The van der Waals surface area contributed by atoms with E-state index in [9.17, 15) is 9.59 Å². The van der Waals surface area contributed by atoms with Crippen molar-refractivity contribution in [3.63, 3.8) is 0 Å². The van der Waals surface area contributed by atoms with Gasteiger partial charge in [0.2, 0.25) is 0 Å². The Kier molecular flexibility index (Phi) is 3.65. The lowest BCUT2D eigenvalue weighted by Gasteiger charge is -1.94. The fourth-order valence-corrected chi connectivity index (χ4v) is 0.482. The largest absolute Gasteiger partial charge is 0.481 e. The zero-order valence-corrected chi connectivity index (χ0v) is 5.52. The van der Waals surface area contributed by atoms with Crippen molar-refractivity contribution >= 4 is 17.7 Å². The molecular formula is C5H7NO5. The molecule has 0 aliphatic carbocycles. The Hall–Kier alpha value is -1.59. The minimum atomic E-state index is -1.22. The van der Waals surface area contributed by atoms with Crippen LogP contribution in [0.15, 0.2) is 5.16 Å². The summed E-state index contributed by atoms with van der Waals surface area (Å²) in [5.41, 5.74) is -0.273. The maximum atomic E-state index is 9.97. The summed E-state index contributed by atoms with van der Waals surface area (Å²) in [6, 6.07) is 0. The van der Waals surface area contributed by atoms with Gasteiger partial charge in [-0.15, -0.1) is 0 Å². The van der Waals surface area contributed by atoms with Crippen molar-refractivity contribution < 1.29 is 25.0 Å². The van der Waals surface area contributed by atoms with Gasteiger partial charge in [-0.2, -0.15) is 0 Å². The van der Waals surface area contributed by atoms with Gasteiger partial charge in [-0.25, -0.2) is 0 Å².